The van der Waals surface area contributed by atoms with E-state index in [2.05, 4.69) is 43.3 Å². The van der Waals surface area contributed by atoms with Gasteiger partial charge in [-0.05, 0) is 32.4 Å². The number of rotatable bonds is 5. The molecule has 0 aliphatic carbocycles. The fraction of sp³-hybridized carbons (Fsp3) is 0.500. The molecule has 2 aromatic rings. The molecule has 1 atom stereocenters. The quantitative estimate of drug-likeness (QED) is 0.880. The molecule has 4 nitrogen and oxygen atoms in total. The maximum Gasteiger partial charge on any atom is 0.148 e. The molecule has 0 amide bonds. The second-order valence-corrected chi connectivity index (χ2v) is 6.22. The van der Waals surface area contributed by atoms with Gasteiger partial charge in [0.25, 0.3) is 0 Å². The molecule has 0 aliphatic heterocycles. The molecule has 0 bridgehead atoms. The van der Waals surface area contributed by atoms with E-state index < -0.39 is 0 Å². The number of nitrogens with one attached hydrogen (secondary N) is 1. The van der Waals surface area contributed by atoms with Crippen LogP contribution in [0.1, 0.15) is 41.8 Å². The van der Waals surface area contributed by atoms with E-state index in [1.165, 1.54) is 9.75 Å². The van der Waals surface area contributed by atoms with Crippen molar-refractivity contribution in [3.63, 3.8) is 0 Å². The molecule has 2 heterocycles. The number of nitrogens with zero attached hydrogens (tertiary/aromatic N) is 2. The zero-order chi connectivity index (χ0) is 14.0. The van der Waals surface area contributed by atoms with Crippen molar-refractivity contribution >= 4 is 22.8 Å². The predicted octanol–water partition coefficient (Wildman–Crippen LogP) is 3.50. The van der Waals surface area contributed by atoms with Crippen LogP contribution in [0.2, 0.25) is 0 Å². The molecule has 104 valence electrons. The highest BCUT2D eigenvalue weighted by Gasteiger charge is 2.16. The fourth-order valence-electron chi connectivity index (χ4n) is 2.15. The van der Waals surface area contributed by atoms with Crippen LogP contribution in [0.25, 0.3) is 0 Å². The summed E-state index contributed by atoms with van der Waals surface area (Å²) in [6.07, 6.45) is 1.98. The average molecular weight is 278 g/mol. The maximum atomic E-state index is 6.18. The number of aromatic nitrogens is 2. The van der Waals surface area contributed by atoms with Crippen LogP contribution in [0.15, 0.2) is 12.1 Å². The van der Waals surface area contributed by atoms with Gasteiger partial charge in [0.05, 0.1) is 17.4 Å². The summed E-state index contributed by atoms with van der Waals surface area (Å²) in [6, 6.07) is 4.55. The van der Waals surface area contributed by atoms with Crippen LogP contribution in [0.4, 0.5) is 11.5 Å². The van der Waals surface area contributed by atoms with E-state index >= 15 is 0 Å². The molecule has 19 heavy (non-hydrogen) atoms. The van der Waals surface area contributed by atoms with Crippen LogP contribution in [0, 0.1) is 6.92 Å². The lowest BCUT2D eigenvalue weighted by molar-refractivity contribution is 0.726. The Bertz CT molecular complexity index is 556. The minimum Gasteiger partial charge on any atom is -0.394 e. The first kappa shape index (κ1) is 13.9. The Kier molecular flexibility index (Phi) is 4.14. The van der Waals surface area contributed by atoms with Crippen LogP contribution in [0.5, 0.6) is 0 Å². The van der Waals surface area contributed by atoms with Crippen molar-refractivity contribution in [3.05, 3.63) is 27.6 Å². The van der Waals surface area contributed by atoms with Gasteiger partial charge in [0.1, 0.15) is 5.82 Å². The molecular formula is C14H22N4S. The minimum atomic E-state index is 0.242. The van der Waals surface area contributed by atoms with E-state index in [1.54, 1.807) is 0 Å². The third-order valence-electron chi connectivity index (χ3n) is 3.19. The first-order chi connectivity index (χ1) is 9.02. The first-order valence-corrected chi connectivity index (χ1v) is 7.48. The molecule has 0 aliphatic rings. The van der Waals surface area contributed by atoms with Crippen molar-refractivity contribution in [1.29, 1.82) is 0 Å². The van der Waals surface area contributed by atoms with E-state index in [4.69, 9.17) is 5.73 Å². The SMILES string of the molecule is CCCc1nn(C)c(NC(C)c2ccc(C)s2)c1N. The standard InChI is InChI=1S/C14H22N4S/c1-5-6-11-13(15)14(18(4)17-11)16-10(3)12-8-7-9(2)19-12/h7-8,10,16H,5-6,15H2,1-4H3. The van der Waals surface area contributed by atoms with E-state index in [0.29, 0.717) is 0 Å². The molecule has 1 unspecified atom stereocenters. The first-order valence-electron chi connectivity index (χ1n) is 6.67. The van der Waals surface area contributed by atoms with Gasteiger partial charge in [0.2, 0.25) is 0 Å². The molecule has 0 fully saturated rings. The van der Waals surface area contributed by atoms with Gasteiger partial charge >= 0.3 is 0 Å². The maximum absolute atomic E-state index is 6.18. The Morgan fingerprint density at radius 2 is 2.21 bits per heavy atom. The van der Waals surface area contributed by atoms with Gasteiger partial charge < -0.3 is 11.1 Å². The van der Waals surface area contributed by atoms with E-state index in [9.17, 15) is 0 Å². The Morgan fingerprint density at radius 1 is 1.47 bits per heavy atom. The number of nitrogens with two attached hydrogens (primary N) is 1. The monoisotopic (exact) mass is 278 g/mol. The van der Waals surface area contributed by atoms with E-state index in [1.807, 2.05) is 23.1 Å². The third-order valence-corrected chi connectivity index (χ3v) is 4.37. The highest BCUT2D eigenvalue weighted by Crippen LogP contribution is 2.29. The van der Waals surface area contributed by atoms with Crippen molar-refractivity contribution in [2.24, 2.45) is 7.05 Å². The second-order valence-electron chi connectivity index (χ2n) is 4.90. The summed E-state index contributed by atoms with van der Waals surface area (Å²) >= 11 is 1.81. The van der Waals surface area contributed by atoms with Crippen molar-refractivity contribution in [2.75, 3.05) is 11.1 Å². The van der Waals surface area contributed by atoms with Gasteiger partial charge in [-0.25, -0.2) is 0 Å². The van der Waals surface area contributed by atoms with Crippen molar-refractivity contribution in [2.45, 2.75) is 39.7 Å². The van der Waals surface area contributed by atoms with Crippen molar-refractivity contribution in [3.8, 4) is 0 Å². The molecule has 3 N–H and O–H groups in total. The normalized spacial score (nSPS) is 12.6. The molecule has 0 saturated heterocycles. The second kappa shape index (κ2) is 5.65. The number of nitrogen functional groups attached to an aromatic ring is 1. The average Bonchev–Trinajstić information content (AvgIpc) is 2.90. The molecule has 0 aromatic carbocycles. The van der Waals surface area contributed by atoms with Crippen molar-refractivity contribution in [1.82, 2.24) is 9.78 Å². The van der Waals surface area contributed by atoms with Gasteiger partial charge in [-0.2, -0.15) is 5.10 Å². The number of hydrogen-bond donors (Lipinski definition) is 2. The van der Waals surface area contributed by atoms with E-state index in [0.717, 1.165) is 30.0 Å². The fourth-order valence-corrected chi connectivity index (χ4v) is 3.03. The summed E-state index contributed by atoms with van der Waals surface area (Å²) in [5.41, 5.74) is 7.95. The summed E-state index contributed by atoms with van der Waals surface area (Å²) < 4.78 is 1.84. The van der Waals surface area contributed by atoms with Crippen LogP contribution in [-0.2, 0) is 13.5 Å². The van der Waals surface area contributed by atoms with Gasteiger partial charge in [0.15, 0.2) is 0 Å². The Morgan fingerprint density at radius 3 is 2.79 bits per heavy atom. The number of aryl methyl sites for hydroxylation is 3. The largest absolute Gasteiger partial charge is 0.394 e. The summed E-state index contributed by atoms with van der Waals surface area (Å²) in [4.78, 5) is 2.64. The molecule has 0 radical (unpaired) electrons. The molecule has 2 rings (SSSR count). The highest BCUT2D eigenvalue weighted by molar-refractivity contribution is 7.12. The summed E-state index contributed by atoms with van der Waals surface area (Å²) in [6.45, 7) is 6.41. The number of hydrogen-bond acceptors (Lipinski definition) is 4. The lowest BCUT2D eigenvalue weighted by Gasteiger charge is -2.14. The molecule has 0 spiro atoms. The Balaban J connectivity index is 2.19. The summed E-state index contributed by atoms with van der Waals surface area (Å²) in [5, 5.41) is 7.96. The van der Waals surface area contributed by atoms with Gasteiger partial charge in [0, 0.05) is 16.8 Å². The Hall–Kier alpha value is -1.49. The topological polar surface area (TPSA) is 55.9 Å². The van der Waals surface area contributed by atoms with Crippen LogP contribution in [-0.4, -0.2) is 9.78 Å². The van der Waals surface area contributed by atoms with E-state index in [-0.39, 0.29) is 6.04 Å². The zero-order valence-corrected chi connectivity index (χ0v) is 12.8. The molecule has 0 saturated carbocycles. The molecular weight excluding hydrogens is 256 g/mol. The third kappa shape index (κ3) is 2.92. The molecule has 5 heteroatoms. The minimum absolute atomic E-state index is 0.242. The highest BCUT2D eigenvalue weighted by atomic mass is 32.1. The summed E-state index contributed by atoms with van der Waals surface area (Å²) in [5.74, 6) is 0.919. The smallest absolute Gasteiger partial charge is 0.148 e. The lowest BCUT2D eigenvalue weighted by atomic mass is 10.2. The van der Waals surface area contributed by atoms with Crippen LogP contribution < -0.4 is 11.1 Å². The summed E-state index contributed by atoms with van der Waals surface area (Å²) in [7, 11) is 1.93. The Labute approximate surface area is 118 Å². The molecule has 2 aromatic heterocycles. The van der Waals surface area contributed by atoms with Crippen LogP contribution in [0.3, 0.4) is 0 Å². The predicted molar refractivity (Wildman–Crippen MR) is 82.7 cm³/mol. The van der Waals surface area contributed by atoms with Crippen LogP contribution >= 0.6 is 11.3 Å². The number of anilines is 2. The zero-order valence-electron chi connectivity index (χ0n) is 12.0. The lowest BCUT2D eigenvalue weighted by Crippen LogP contribution is -2.10. The van der Waals surface area contributed by atoms with Gasteiger partial charge in [-0.1, -0.05) is 13.3 Å². The van der Waals surface area contributed by atoms with Gasteiger partial charge in [-0.15, -0.1) is 11.3 Å². The number of thiophene rings is 1. The van der Waals surface area contributed by atoms with Crippen molar-refractivity contribution < 1.29 is 0 Å². The van der Waals surface area contributed by atoms with Gasteiger partial charge in [-0.3, -0.25) is 4.68 Å².